The van der Waals surface area contributed by atoms with Crippen LogP contribution in [0.25, 0.3) is 5.65 Å². The maximum absolute atomic E-state index is 12.1. The molecule has 2 heterocycles. The fourth-order valence-electron chi connectivity index (χ4n) is 2.36. The lowest BCUT2D eigenvalue weighted by molar-refractivity contribution is -0.147. The summed E-state index contributed by atoms with van der Waals surface area (Å²) in [5.41, 5.74) is 2.02. The van der Waals surface area contributed by atoms with E-state index in [9.17, 15) is 14.4 Å². The lowest BCUT2D eigenvalue weighted by atomic mass is 10.2. The van der Waals surface area contributed by atoms with E-state index in [1.165, 1.54) is 10.5 Å². The van der Waals surface area contributed by atoms with Crippen molar-refractivity contribution in [3.63, 3.8) is 0 Å². The lowest BCUT2D eigenvalue weighted by Gasteiger charge is -2.08. The van der Waals surface area contributed by atoms with E-state index in [-0.39, 0.29) is 18.8 Å². The number of carbonyl (C=O) groups excluding carboxylic acids is 2. The van der Waals surface area contributed by atoms with Gasteiger partial charge < -0.3 is 9.47 Å². The number of fused-ring (bicyclic) bond motifs is 1. The molecule has 0 amide bonds. The number of pyridine rings is 1. The molecule has 0 bridgehead atoms. The molecule has 0 N–H and O–H groups in total. The van der Waals surface area contributed by atoms with Gasteiger partial charge in [-0.2, -0.15) is 0 Å². The number of rotatable bonds is 6. The molecule has 0 aliphatic heterocycles. The first kappa shape index (κ1) is 17.3. The average molecular weight is 352 g/mol. The monoisotopic (exact) mass is 352 g/mol. The summed E-state index contributed by atoms with van der Waals surface area (Å²) < 4.78 is 11.8. The van der Waals surface area contributed by atoms with E-state index in [1.807, 2.05) is 13.0 Å². The largest absolute Gasteiger partial charge is 0.482 e. The van der Waals surface area contributed by atoms with E-state index in [1.54, 1.807) is 36.5 Å². The van der Waals surface area contributed by atoms with Gasteiger partial charge in [0.15, 0.2) is 6.61 Å². The third kappa shape index (κ3) is 3.94. The zero-order chi connectivity index (χ0) is 18.5. The minimum atomic E-state index is -0.587. The number of hydrogen-bond donors (Lipinski definition) is 0. The lowest BCUT2D eigenvalue weighted by Crippen LogP contribution is -2.19. The van der Waals surface area contributed by atoms with Crippen LogP contribution in [-0.2, 0) is 16.1 Å². The molecule has 0 radical (unpaired) electrons. The second kappa shape index (κ2) is 7.60. The SMILES string of the molecule is Cc1cccn2c(=O)cc(COC(=O)COc3ccc(C=O)cc3)nc12. The molecule has 3 aromatic rings. The van der Waals surface area contributed by atoms with Crippen molar-refractivity contribution in [2.24, 2.45) is 0 Å². The Kier molecular flexibility index (Phi) is 5.07. The highest BCUT2D eigenvalue weighted by Gasteiger charge is 2.09. The third-order valence-corrected chi connectivity index (χ3v) is 3.69. The topological polar surface area (TPSA) is 87.0 Å². The normalized spacial score (nSPS) is 10.5. The van der Waals surface area contributed by atoms with Crippen molar-refractivity contribution in [3.8, 4) is 5.75 Å². The Bertz CT molecular complexity index is 1010. The Labute approximate surface area is 148 Å². The zero-order valence-corrected chi connectivity index (χ0v) is 14.0. The summed E-state index contributed by atoms with van der Waals surface area (Å²) in [6, 6.07) is 11.3. The first-order valence-corrected chi connectivity index (χ1v) is 7.88. The Morgan fingerprint density at radius 3 is 2.73 bits per heavy atom. The van der Waals surface area contributed by atoms with E-state index in [2.05, 4.69) is 4.98 Å². The molecule has 0 saturated heterocycles. The van der Waals surface area contributed by atoms with Crippen LogP contribution in [0.15, 0.2) is 53.5 Å². The highest BCUT2D eigenvalue weighted by Crippen LogP contribution is 2.11. The number of benzene rings is 1. The molecule has 0 saturated carbocycles. The molecular formula is C19H16N2O5. The summed E-state index contributed by atoms with van der Waals surface area (Å²) in [5, 5.41) is 0. The fraction of sp³-hybridized carbons (Fsp3) is 0.158. The molecule has 26 heavy (non-hydrogen) atoms. The molecule has 132 valence electrons. The van der Waals surface area contributed by atoms with Gasteiger partial charge in [-0.3, -0.25) is 14.0 Å². The van der Waals surface area contributed by atoms with Crippen molar-refractivity contribution >= 4 is 17.9 Å². The molecule has 0 spiro atoms. The zero-order valence-electron chi connectivity index (χ0n) is 14.0. The summed E-state index contributed by atoms with van der Waals surface area (Å²) in [6.45, 7) is 1.44. The van der Waals surface area contributed by atoms with Crippen LogP contribution in [0.2, 0.25) is 0 Å². The first-order valence-electron chi connectivity index (χ1n) is 7.88. The van der Waals surface area contributed by atoms with Crippen LogP contribution in [0.1, 0.15) is 21.6 Å². The van der Waals surface area contributed by atoms with Crippen molar-refractivity contribution in [3.05, 3.63) is 75.8 Å². The smallest absolute Gasteiger partial charge is 0.344 e. The van der Waals surface area contributed by atoms with Crippen LogP contribution in [0.3, 0.4) is 0 Å². The van der Waals surface area contributed by atoms with Gasteiger partial charge in [0, 0.05) is 17.8 Å². The second-order valence-corrected chi connectivity index (χ2v) is 5.61. The molecule has 1 aromatic carbocycles. The predicted molar refractivity (Wildman–Crippen MR) is 93.3 cm³/mol. The number of ether oxygens (including phenoxy) is 2. The summed E-state index contributed by atoms with van der Waals surface area (Å²) in [7, 11) is 0. The summed E-state index contributed by atoms with van der Waals surface area (Å²) in [6.07, 6.45) is 2.36. The van der Waals surface area contributed by atoms with Crippen LogP contribution in [0.4, 0.5) is 0 Å². The first-order chi connectivity index (χ1) is 12.6. The minimum Gasteiger partial charge on any atom is -0.482 e. The van der Waals surface area contributed by atoms with Gasteiger partial charge in [0.2, 0.25) is 0 Å². The molecule has 0 aliphatic carbocycles. The number of nitrogens with zero attached hydrogens (tertiary/aromatic N) is 2. The molecular weight excluding hydrogens is 336 g/mol. The number of esters is 1. The van der Waals surface area contributed by atoms with Crippen LogP contribution < -0.4 is 10.3 Å². The standard InChI is InChI=1S/C19H16N2O5/c1-13-3-2-8-21-17(23)9-15(20-19(13)21)11-26-18(24)12-25-16-6-4-14(10-22)5-7-16/h2-10H,11-12H2,1H3. The average Bonchev–Trinajstić information content (AvgIpc) is 2.66. The summed E-state index contributed by atoms with van der Waals surface area (Å²) in [5.74, 6) is -0.138. The number of aromatic nitrogens is 2. The Balaban J connectivity index is 1.60. The van der Waals surface area contributed by atoms with Crippen LogP contribution in [0, 0.1) is 6.92 Å². The summed E-state index contributed by atoms with van der Waals surface area (Å²) in [4.78, 5) is 38.8. The van der Waals surface area contributed by atoms with E-state index in [0.29, 0.717) is 22.7 Å². The highest BCUT2D eigenvalue weighted by atomic mass is 16.6. The molecule has 2 aromatic heterocycles. The highest BCUT2D eigenvalue weighted by molar-refractivity contribution is 5.75. The molecule has 0 unspecified atom stereocenters. The van der Waals surface area contributed by atoms with E-state index < -0.39 is 5.97 Å². The number of aldehydes is 1. The number of aryl methyl sites for hydroxylation is 1. The van der Waals surface area contributed by atoms with Crippen LogP contribution in [0.5, 0.6) is 5.75 Å². The fourth-order valence-corrected chi connectivity index (χ4v) is 2.36. The Morgan fingerprint density at radius 1 is 1.23 bits per heavy atom. The van der Waals surface area contributed by atoms with Gasteiger partial charge in [0.1, 0.15) is 24.3 Å². The van der Waals surface area contributed by atoms with Crippen LogP contribution in [-0.4, -0.2) is 28.2 Å². The summed E-state index contributed by atoms with van der Waals surface area (Å²) >= 11 is 0. The van der Waals surface area contributed by atoms with Crippen molar-refractivity contribution in [2.45, 2.75) is 13.5 Å². The Morgan fingerprint density at radius 2 is 2.00 bits per heavy atom. The van der Waals surface area contributed by atoms with Crippen molar-refractivity contribution < 1.29 is 19.1 Å². The molecule has 7 nitrogen and oxygen atoms in total. The van der Waals surface area contributed by atoms with Gasteiger partial charge in [0.25, 0.3) is 5.56 Å². The van der Waals surface area contributed by atoms with E-state index in [0.717, 1.165) is 11.8 Å². The predicted octanol–water partition coefficient (Wildman–Crippen LogP) is 1.94. The van der Waals surface area contributed by atoms with Gasteiger partial charge >= 0.3 is 5.97 Å². The van der Waals surface area contributed by atoms with Crippen molar-refractivity contribution in [2.75, 3.05) is 6.61 Å². The minimum absolute atomic E-state index is 0.119. The molecule has 0 atom stereocenters. The van der Waals surface area contributed by atoms with Gasteiger partial charge in [-0.1, -0.05) is 6.07 Å². The van der Waals surface area contributed by atoms with Crippen molar-refractivity contribution in [1.29, 1.82) is 0 Å². The van der Waals surface area contributed by atoms with E-state index in [4.69, 9.17) is 9.47 Å². The molecule has 0 fully saturated rings. The number of carbonyl (C=O) groups is 2. The van der Waals surface area contributed by atoms with E-state index >= 15 is 0 Å². The molecule has 7 heteroatoms. The maximum atomic E-state index is 12.1. The van der Waals surface area contributed by atoms with Gasteiger partial charge in [-0.15, -0.1) is 0 Å². The van der Waals surface area contributed by atoms with Gasteiger partial charge in [-0.25, -0.2) is 9.78 Å². The maximum Gasteiger partial charge on any atom is 0.344 e. The number of hydrogen-bond acceptors (Lipinski definition) is 6. The quantitative estimate of drug-likeness (QED) is 0.498. The third-order valence-electron chi connectivity index (χ3n) is 3.69. The van der Waals surface area contributed by atoms with Gasteiger partial charge in [0.05, 0.1) is 5.69 Å². The molecule has 3 rings (SSSR count). The Hall–Kier alpha value is -3.48. The van der Waals surface area contributed by atoms with Gasteiger partial charge in [-0.05, 0) is 42.8 Å². The molecule has 0 aliphatic rings. The van der Waals surface area contributed by atoms with Crippen LogP contribution >= 0.6 is 0 Å². The van der Waals surface area contributed by atoms with Crippen molar-refractivity contribution in [1.82, 2.24) is 9.38 Å². The second-order valence-electron chi connectivity index (χ2n) is 5.61.